The predicted octanol–water partition coefficient (Wildman–Crippen LogP) is 4.92. The number of aliphatic imine (C=N–C) groups is 2. The molecular formula is C17H15BrN2. The van der Waals surface area contributed by atoms with E-state index in [0.717, 1.165) is 16.8 Å². The summed E-state index contributed by atoms with van der Waals surface area (Å²) in [5, 5.41) is 0. The Hall–Kier alpha value is -2.00. The molecule has 0 aliphatic heterocycles. The van der Waals surface area contributed by atoms with Crippen LogP contribution < -0.4 is 0 Å². The molecule has 2 rings (SSSR count). The number of hydrogen-bond acceptors (Lipinski definition) is 1. The molecule has 0 fully saturated rings. The van der Waals surface area contributed by atoms with Gasteiger partial charge in [-0.3, -0.25) is 0 Å². The van der Waals surface area contributed by atoms with Crippen LogP contribution in [0.3, 0.4) is 0 Å². The van der Waals surface area contributed by atoms with Crippen molar-refractivity contribution in [2.75, 3.05) is 0 Å². The highest BCUT2D eigenvalue weighted by atomic mass is 79.9. The average molecular weight is 327 g/mol. The van der Waals surface area contributed by atoms with Gasteiger partial charge in [-0.15, -0.1) is 0 Å². The summed E-state index contributed by atoms with van der Waals surface area (Å²) >= 11 is 3.38. The first-order chi connectivity index (χ1) is 9.66. The molecule has 0 aromatic heterocycles. The Morgan fingerprint density at radius 2 is 1.35 bits per heavy atom. The van der Waals surface area contributed by atoms with Crippen molar-refractivity contribution >= 4 is 32.1 Å². The molecule has 0 saturated heterocycles. The monoisotopic (exact) mass is 326 g/mol. The normalized spacial score (nSPS) is 12.3. The van der Waals surface area contributed by atoms with Crippen LogP contribution in [0.5, 0.6) is 0 Å². The van der Waals surface area contributed by atoms with Gasteiger partial charge in [0.15, 0.2) is 4.74 Å². The third kappa shape index (κ3) is 4.00. The molecule has 0 atom stereocenters. The Morgan fingerprint density at radius 3 is 1.90 bits per heavy atom. The zero-order chi connectivity index (χ0) is 14.4. The van der Waals surface area contributed by atoms with Crippen LogP contribution in [-0.2, 0) is 0 Å². The van der Waals surface area contributed by atoms with Crippen LogP contribution in [0.2, 0.25) is 0 Å². The fraction of sp³-hybridized carbons (Fsp3) is 0.0588. The van der Waals surface area contributed by atoms with Crippen LogP contribution in [0.25, 0.3) is 5.70 Å². The molecule has 0 saturated carbocycles. The van der Waals surface area contributed by atoms with Crippen LogP contribution in [0.4, 0.5) is 0 Å². The zero-order valence-electron chi connectivity index (χ0n) is 11.3. The topological polar surface area (TPSA) is 24.7 Å². The molecule has 0 unspecified atom stereocenters. The summed E-state index contributed by atoms with van der Waals surface area (Å²) in [7, 11) is 0. The number of amidine groups is 1. The molecule has 0 radical (unpaired) electrons. The SMILES string of the molecule is C=C(N=C(Br)N=C(C)c1ccccc1)c1ccccc1. The lowest BCUT2D eigenvalue weighted by Gasteiger charge is -2.01. The average Bonchev–Trinajstić information content (AvgIpc) is 2.49. The van der Waals surface area contributed by atoms with Gasteiger partial charge in [0.25, 0.3) is 0 Å². The molecule has 2 aromatic carbocycles. The second-order valence-electron chi connectivity index (χ2n) is 4.26. The number of halogens is 1. The quantitative estimate of drug-likeness (QED) is 0.434. The van der Waals surface area contributed by atoms with Gasteiger partial charge in [0.2, 0.25) is 0 Å². The van der Waals surface area contributed by atoms with E-state index < -0.39 is 0 Å². The lowest BCUT2D eigenvalue weighted by atomic mass is 10.1. The smallest absolute Gasteiger partial charge is 0.197 e. The fourth-order valence-electron chi connectivity index (χ4n) is 1.71. The van der Waals surface area contributed by atoms with Crippen molar-refractivity contribution in [1.29, 1.82) is 0 Å². The van der Waals surface area contributed by atoms with Crippen LogP contribution >= 0.6 is 15.9 Å². The predicted molar refractivity (Wildman–Crippen MR) is 90.5 cm³/mol. The van der Waals surface area contributed by atoms with Gasteiger partial charge in [-0.05, 0) is 34.0 Å². The maximum Gasteiger partial charge on any atom is 0.197 e. The Morgan fingerprint density at radius 1 is 0.850 bits per heavy atom. The van der Waals surface area contributed by atoms with E-state index in [1.807, 2.05) is 67.6 Å². The highest BCUT2D eigenvalue weighted by molar-refractivity contribution is 9.18. The third-order valence-electron chi connectivity index (χ3n) is 2.79. The number of nitrogens with zero attached hydrogens (tertiary/aromatic N) is 2. The zero-order valence-corrected chi connectivity index (χ0v) is 12.8. The van der Waals surface area contributed by atoms with Crippen LogP contribution in [-0.4, -0.2) is 10.5 Å². The minimum Gasteiger partial charge on any atom is -0.227 e. The molecule has 0 aliphatic rings. The molecule has 0 aliphatic carbocycles. The van der Waals surface area contributed by atoms with E-state index in [9.17, 15) is 0 Å². The van der Waals surface area contributed by atoms with Gasteiger partial charge in [-0.1, -0.05) is 67.2 Å². The maximum absolute atomic E-state index is 4.44. The van der Waals surface area contributed by atoms with Crippen LogP contribution in [0.15, 0.2) is 77.2 Å². The van der Waals surface area contributed by atoms with Crippen molar-refractivity contribution in [2.45, 2.75) is 6.92 Å². The van der Waals surface area contributed by atoms with E-state index in [1.165, 1.54) is 0 Å². The molecule has 3 heteroatoms. The molecule has 0 amide bonds. The molecule has 0 spiro atoms. The van der Waals surface area contributed by atoms with Gasteiger partial charge in [0, 0.05) is 5.71 Å². The second kappa shape index (κ2) is 6.96. The Bertz CT molecular complexity index is 643. The molecule has 0 heterocycles. The van der Waals surface area contributed by atoms with Crippen molar-refractivity contribution in [1.82, 2.24) is 0 Å². The Labute approximate surface area is 127 Å². The summed E-state index contributed by atoms with van der Waals surface area (Å²) in [4.78, 5) is 8.80. The summed E-state index contributed by atoms with van der Waals surface area (Å²) in [6.07, 6.45) is 0. The van der Waals surface area contributed by atoms with E-state index in [0.29, 0.717) is 10.4 Å². The van der Waals surface area contributed by atoms with Crippen LogP contribution in [0.1, 0.15) is 18.1 Å². The second-order valence-corrected chi connectivity index (χ2v) is 4.97. The molecule has 20 heavy (non-hydrogen) atoms. The molecule has 2 nitrogen and oxygen atoms in total. The summed E-state index contributed by atoms with van der Waals surface area (Å²) in [5.41, 5.74) is 3.64. The van der Waals surface area contributed by atoms with Gasteiger partial charge in [0.05, 0.1) is 5.70 Å². The first kappa shape index (κ1) is 14.4. The van der Waals surface area contributed by atoms with E-state index in [1.54, 1.807) is 0 Å². The fourth-order valence-corrected chi connectivity index (χ4v) is 2.19. The number of hydrogen-bond donors (Lipinski definition) is 0. The van der Waals surface area contributed by atoms with Gasteiger partial charge >= 0.3 is 0 Å². The molecule has 0 N–H and O–H groups in total. The summed E-state index contributed by atoms with van der Waals surface area (Å²) < 4.78 is 0.521. The van der Waals surface area contributed by atoms with Crippen molar-refractivity contribution in [3.63, 3.8) is 0 Å². The highest BCUT2D eigenvalue weighted by Crippen LogP contribution is 2.15. The van der Waals surface area contributed by atoms with Crippen molar-refractivity contribution in [2.24, 2.45) is 9.98 Å². The van der Waals surface area contributed by atoms with E-state index in [2.05, 4.69) is 32.5 Å². The molecular weight excluding hydrogens is 312 g/mol. The van der Waals surface area contributed by atoms with Gasteiger partial charge in [-0.2, -0.15) is 0 Å². The Balaban J connectivity index is 2.17. The first-order valence-corrected chi connectivity index (χ1v) is 7.05. The maximum atomic E-state index is 4.44. The summed E-state index contributed by atoms with van der Waals surface area (Å²) in [6.45, 7) is 5.91. The van der Waals surface area contributed by atoms with Crippen molar-refractivity contribution < 1.29 is 0 Å². The minimum absolute atomic E-state index is 0.521. The molecule has 100 valence electrons. The van der Waals surface area contributed by atoms with E-state index in [-0.39, 0.29) is 0 Å². The summed E-state index contributed by atoms with van der Waals surface area (Å²) in [6, 6.07) is 19.8. The summed E-state index contributed by atoms with van der Waals surface area (Å²) in [5.74, 6) is 0. The third-order valence-corrected chi connectivity index (χ3v) is 3.14. The van der Waals surface area contributed by atoms with Crippen LogP contribution in [0, 0.1) is 0 Å². The standard InChI is InChI=1S/C17H15BrN2/c1-13(15-9-5-3-6-10-15)19-17(18)20-14(2)16-11-7-4-8-12-16/h3-12H,1H2,2H3. The number of rotatable bonds is 3. The molecule has 0 bridgehead atoms. The lowest BCUT2D eigenvalue weighted by Crippen LogP contribution is -1.97. The van der Waals surface area contributed by atoms with E-state index in [4.69, 9.17) is 0 Å². The van der Waals surface area contributed by atoms with E-state index >= 15 is 0 Å². The van der Waals surface area contributed by atoms with Gasteiger partial charge in [-0.25, -0.2) is 9.98 Å². The highest BCUT2D eigenvalue weighted by Gasteiger charge is 2.00. The molecule has 2 aromatic rings. The van der Waals surface area contributed by atoms with Crippen molar-refractivity contribution in [3.05, 3.63) is 78.4 Å². The Kier molecular flexibility index (Phi) is 5.02. The first-order valence-electron chi connectivity index (χ1n) is 6.26. The van der Waals surface area contributed by atoms with Crippen molar-refractivity contribution in [3.8, 4) is 0 Å². The lowest BCUT2D eigenvalue weighted by molar-refractivity contribution is 1.49. The minimum atomic E-state index is 0.521. The van der Waals surface area contributed by atoms with Gasteiger partial charge in [0.1, 0.15) is 0 Å². The largest absolute Gasteiger partial charge is 0.227 e. The van der Waals surface area contributed by atoms with Gasteiger partial charge < -0.3 is 0 Å². The number of benzene rings is 2.